The molecule has 1 fully saturated rings. The molecule has 1 aliphatic rings. The number of nitrogens with zero attached hydrogens (tertiary/aromatic N) is 1. The Morgan fingerprint density at radius 1 is 1.64 bits per heavy atom. The molecule has 1 heterocycles. The Balaban J connectivity index is 1.99. The van der Waals surface area contributed by atoms with Gasteiger partial charge in [0, 0.05) is 26.2 Å². The SMILES string of the molecule is CCOCCN1CC[C@@H](O)C1. The molecule has 0 spiro atoms. The van der Waals surface area contributed by atoms with Crippen molar-refractivity contribution in [2.75, 3.05) is 32.8 Å². The summed E-state index contributed by atoms with van der Waals surface area (Å²) in [6, 6.07) is 0. The second-order valence-corrected chi connectivity index (χ2v) is 2.94. The highest BCUT2D eigenvalue weighted by Gasteiger charge is 2.18. The van der Waals surface area contributed by atoms with Crippen molar-refractivity contribution in [3.63, 3.8) is 0 Å². The van der Waals surface area contributed by atoms with Crippen LogP contribution < -0.4 is 0 Å². The number of aliphatic hydroxyl groups excluding tert-OH is 1. The minimum absolute atomic E-state index is 0.100. The molecule has 1 N–H and O–H groups in total. The largest absolute Gasteiger partial charge is 0.392 e. The van der Waals surface area contributed by atoms with E-state index in [-0.39, 0.29) is 6.10 Å². The minimum atomic E-state index is -0.100. The predicted octanol–water partition coefficient (Wildman–Crippen LogP) is 0.0895. The van der Waals surface area contributed by atoms with Gasteiger partial charge in [-0.1, -0.05) is 0 Å². The molecular formula is C8H17NO2. The molecule has 1 atom stereocenters. The topological polar surface area (TPSA) is 32.7 Å². The van der Waals surface area contributed by atoms with Crippen molar-refractivity contribution in [2.24, 2.45) is 0 Å². The average molecular weight is 159 g/mol. The molecule has 0 radical (unpaired) electrons. The predicted molar refractivity (Wildman–Crippen MR) is 43.6 cm³/mol. The molecule has 0 aromatic heterocycles. The third-order valence-electron chi connectivity index (χ3n) is 2.00. The summed E-state index contributed by atoms with van der Waals surface area (Å²) in [5.41, 5.74) is 0. The lowest BCUT2D eigenvalue weighted by Crippen LogP contribution is -2.26. The van der Waals surface area contributed by atoms with Crippen LogP contribution in [-0.4, -0.2) is 49.0 Å². The average Bonchev–Trinajstić information content (AvgIpc) is 2.37. The summed E-state index contributed by atoms with van der Waals surface area (Å²) in [5.74, 6) is 0. The lowest BCUT2D eigenvalue weighted by molar-refractivity contribution is 0.113. The molecule has 1 rings (SSSR count). The number of hydrogen-bond donors (Lipinski definition) is 1. The van der Waals surface area contributed by atoms with E-state index >= 15 is 0 Å². The van der Waals surface area contributed by atoms with E-state index in [2.05, 4.69) is 4.90 Å². The molecular weight excluding hydrogens is 142 g/mol. The fourth-order valence-electron chi connectivity index (χ4n) is 1.35. The van der Waals surface area contributed by atoms with Crippen LogP contribution in [0.3, 0.4) is 0 Å². The molecule has 0 aromatic carbocycles. The molecule has 66 valence electrons. The normalized spacial score (nSPS) is 26.2. The van der Waals surface area contributed by atoms with Crippen LogP contribution in [0.2, 0.25) is 0 Å². The van der Waals surface area contributed by atoms with E-state index in [0.717, 1.165) is 39.3 Å². The minimum Gasteiger partial charge on any atom is -0.392 e. The number of aliphatic hydroxyl groups is 1. The number of ether oxygens (including phenoxy) is 1. The second-order valence-electron chi connectivity index (χ2n) is 2.94. The molecule has 0 saturated carbocycles. The summed E-state index contributed by atoms with van der Waals surface area (Å²) in [4.78, 5) is 2.24. The summed E-state index contributed by atoms with van der Waals surface area (Å²) in [7, 11) is 0. The van der Waals surface area contributed by atoms with Crippen molar-refractivity contribution < 1.29 is 9.84 Å². The van der Waals surface area contributed by atoms with Crippen LogP contribution in [0.15, 0.2) is 0 Å². The van der Waals surface area contributed by atoms with Gasteiger partial charge in [0.2, 0.25) is 0 Å². The number of likely N-dealkylation sites (tertiary alicyclic amines) is 1. The van der Waals surface area contributed by atoms with E-state index in [1.54, 1.807) is 0 Å². The monoisotopic (exact) mass is 159 g/mol. The summed E-state index contributed by atoms with van der Waals surface area (Å²) in [6.45, 7) is 6.39. The van der Waals surface area contributed by atoms with Crippen molar-refractivity contribution in [3.8, 4) is 0 Å². The number of rotatable bonds is 4. The van der Waals surface area contributed by atoms with Gasteiger partial charge in [0.25, 0.3) is 0 Å². The standard InChI is InChI=1S/C8H17NO2/c1-2-11-6-5-9-4-3-8(10)7-9/h8,10H,2-7H2,1H3/t8-/m1/s1. The zero-order chi connectivity index (χ0) is 8.10. The molecule has 0 bridgehead atoms. The van der Waals surface area contributed by atoms with Crippen LogP contribution >= 0.6 is 0 Å². The Bertz CT molecular complexity index is 108. The van der Waals surface area contributed by atoms with Gasteiger partial charge in [-0.2, -0.15) is 0 Å². The molecule has 1 aliphatic heterocycles. The quantitative estimate of drug-likeness (QED) is 0.590. The zero-order valence-electron chi connectivity index (χ0n) is 7.12. The second kappa shape index (κ2) is 4.70. The Hall–Kier alpha value is -0.120. The molecule has 3 nitrogen and oxygen atoms in total. The van der Waals surface area contributed by atoms with Crippen LogP contribution in [0.25, 0.3) is 0 Å². The van der Waals surface area contributed by atoms with E-state index in [1.165, 1.54) is 0 Å². The van der Waals surface area contributed by atoms with Gasteiger partial charge in [-0.25, -0.2) is 0 Å². The highest BCUT2D eigenvalue weighted by atomic mass is 16.5. The lowest BCUT2D eigenvalue weighted by Gasteiger charge is -2.13. The maximum Gasteiger partial charge on any atom is 0.0679 e. The van der Waals surface area contributed by atoms with Gasteiger partial charge in [0.1, 0.15) is 0 Å². The van der Waals surface area contributed by atoms with Crippen LogP contribution in [0.4, 0.5) is 0 Å². The Labute approximate surface area is 68.0 Å². The first-order valence-corrected chi connectivity index (χ1v) is 4.31. The first-order chi connectivity index (χ1) is 5.33. The smallest absolute Gasteiger partial charge is 0.0679 e. The Morgan fingerprint density at radius 2 is 2.45 bits per heavy atom. The van der Waals surface area contributed by atoms with Gasteiger partial charge >= 0.3 is 0 Å². The van der Waals surface area contributed by atoms with Crippen LogP contribution in [0.1, 0.15) is 13.3 Å². The van der Waals surface area contributed by atoms with Crippen LogP contribution in [0.5, 0.6) is 0 Å². The molecule has 11 heavy (non-hydrogen) atoms. The maximum absolute atomic E-state index is 9.17. The van der Waals surface area contributed by atoms with Gasteiger partial charge in [-0.05, 0) is 13.3 Å². The number of β-amino-alcohol motifs (C(OH)–C–C–N with tert-alkyl or cyclic N) is 1. The van der Waals surface area contributed by atoms with Crippen molar-refractivity contribution in [1.29, 1.82) is 0 Å². The van der Waals surface area contributed by atoms with Gasteiger partial charge in [-0.15, -0.1) is 0 Å². The molecule has 3 heteroatoms. The van der Waals surface area contributed by atoms with Crippen molar-refractivity contribution >= 4 is 0 Å². The summed E-state index contributed by atoms with van der Waals surface area (Å²) >= 11 is 0. The summed E-state index contributed by atoms with van der Waals surface area (Å²) in [6.07, 6.45) is 0.822. The lowest BCUT2D eigenvalue weighted by atomic mass is 10.3. The molecule has 0 aromatic rings. The van der Waals surface area contributed by atoms with E-state index in [9.17, 15) is 5.11 Å². The van der Waals surface area contributed by atoms with Crippen LogP contribution in [0, 0.1) is 0 Å². The van der Waals surface area contributed by atoms with Gasteiger partial charge in [0.05, 0.1) is 12.7 Å². The third-order valence-corrected chi connectivity index (χ3v) is 2.00. The number of hydrogen-bond acceptors (Lipinski definition) is 3. The maximum atomic E-state index is 9.17. The fourth-order valence-corrected chi connectivity index (χ4v) is 1.35. The van der Waals surface area contributed by atoms with E-state index in [1.807, 2.05) is 6.92 Å². The fraction of sp³-hybridized carbons (Fsp3) is 1.00. The molecule has 1 saturated heterocycles. The van der Waals surface area contributed by atoms with E-state index < -0.39 is 0 Å². The van der Waals surface area contributed by atoms with E-state index in [4.69, 9.17) is 4.74 Å². The molecule has 0 aliphatic carbocycles. The van der Waals surface area contributed by atoms with Gasteiger partial charge in [-0.3, -0.25) is 4.90 Å². The van der Waals surface area contributed by atoms with E-state index in [0.29, 0.717) is 0 Å². The third kappa shape index (κ3) is 3.18. The van der Waals surface area contributed by atoms with Crippen LogP contribution in [-0.2, 0) is 4.74 Å². The van der Waals surface area contributed by atoms with Gasteiger partial charge < -0.3 is 9.84 Å². The summed E-state index contributed by atoms with van der Waals surface area (Å²) in [5, 5.41) is 9.17. The van der Waals surface area contributed by atoms with Crippen molar-refractivity contribution in [1.82, 2.24) is 4.90 Å². The molecule has 0 unspecified atom stereocenters. The zero-order valence-corrected chi connectivity index (χ0v) is 7.12. The highest BCUT2D eigenvalue weighted by molar-refractivity contribution is 4.73. The Kier molecular flexibility index (Phi) is 3.83. The molecule has 0 amide bonds. The first kappa shape index (κ1) is 8.97. The van der Waals surface area contributed by atoms with Crippen molar-refractivity contribution in [3.05, 3.63) is 0 Å². The highest BCUT2D eigenvalue weighted by Crippen LogP contribution is 2.07. The Morgan fingerprint density at radius 3 is 3.00 bits per heavy atom. The summed E-state index contributed by atoms with van der Waals surface area (Å²) < 4.78 is 5.21. The van der Waals surface area contributed by atoms with Gasteiger partial charge in [0.15, 0.2) is 0 Å². The van der Waals surface area contributed by atoms with Crippen molar-refractivity contribution in [2.45, 2.75) is 19.4 Å². The first-order valence-electron chi connectivity index (χ1n) is 4.31.